The average molecular weight is 286 g/mol. The Morgan fingerprint density at radius 1 is 1.10 bits per heavy atom. The van der Waals surface area contributed by atoms with Crippen LogP contribution in [-0.4, -0.2) is 30.6 Å². The minimum atomic E-state index is 0.0922. The van der Waals surface area contributed by atoms with Gasteiger partial charge in [-0.05, 0) is 50.8 Å². The zero-order chi connectivity index (χ0) is 14.7. The molecule has 2 fully saturated rings. The van der Waals surface area contributed by atoms with E-state index in [0.717, 1.165) is 25.0 Å². The molecule has 3 unspecified atom stereocenters. The third-order valence-electron chi connectivity index (χ3n) is 5.60. The predicted molar refractivity (Wildman–Crippen MR) is 89.4 cm³/mol. The van der Waals surface area contributed by atoms with Crippen LogP contribution in [0.1, 0.15) is 51.5 Å². The van der Waals surface area contributed by atoms with Gasteiger partial charge in [-0.2, -0.15) is 0 Å². The Morgan fingerprint density at radius 2 is 1.86 bits per heavy atom. The minimum Gasteiger partial charge on any atom is -0.307 e. The van der Waals surface area contributed by atoms with E-state index in [4.69, 9.17) is 0 Å². The predicted octanol–water partition coefficient (Wildman–Crippen LogP) is 3.78. The van der Waals surface area contributed by atoms with Crippen molar-refractivity contribution in [2.24, 2.45) is 5.92 Å². The monoisotopic (exact) mass is 286 g/mol. The number of rotatable bonds is 2. The van der Waals surface area contributed by atoms with E-state index >= 15 is 0 Å². The van der Waals surface area contributed by atoms with E-state index in [-0.39, 0.29) is 5.54 Å². The molecular formula is C19H30N2. The Bertz CT molecular complexity index is 444. The summed E-state index contributed by atoms with van der Waals surface area (Å²) in [6.07, 6.45) is 6.93. The minimum absolute atomic E-state index is 0.0922. The highest BCUT2D eigenvalue weighted by Crippen LogP contribution is 2.32. The molecule has 1 saturated carbocycles. The van der Waals surface area contributed by atoms with Crippen LogP contribution >= 0.6 is 0 Å². The van der Waals surface area contributed by atoms with Crippen LogP contribution in [0.4, 0.5) is 0 Å². The van der Waals surface area contributed by atoms with E-state index in [1.54, 1.807) is 0 Å². The first kappa shape index (κ1) is 15.1. The van der Waals surface area contributed by atoms with Crippen LogP contribution in [0, 0.1) is 5.92 Å². The third kappa shape index (κ3) is 3.32. The van der Waals surface area contributed by atoms with Gasteiger partial charge in [-0.3, -0.25) is 4.90 Å². The van der Waals surface area contributed by atoms with Crippen molar-refractivity contribution in [2.45, 2.75) is 57.5 Å². The summed E-state index contributed by atoms with van der Waals surface area (Å²) in [5.41, 5.74) is 1.52. The Labute approximate surface area is 129 Å². The SMILES string of the molecule is CC1CCCCC1N1CCCNC(C)(c2ccccc2)C1. The molecule has 0 aromatic heterocycles. The lowest BCUT2D eigenvalue weighted by Crippen LogP contribution is -2.51. The van der Waals surface area contributed by atoms with Gasteiger partial charge in [0.1, 0.15) is 0 Å². The first-order valence-electron chi connectivity index (χ1n) is 8.74. The molecule has 3 atom stereocenters. The summed E-state index contributed by atoms with van der Waals surface area (Å²) in [6.45, 7) is 8.37. The molecule has 1 heterocycles. The summed E-state index contributed by atoms with van der Waals surface area (Å²) >= 11 is 0. The largest absolute Gasteiger partial charge is 0.307 e. The Balaban J connectivity index is 1.80. The van der Waals surface area contributed by atoms with Crippen LogP contribution in [0.25, 0.3) is 0 Å². The fourth-order valence-corrected chi connectivity index (χ4v) is 4.31. The van der Waals surface area contributed by atoms with Gasteiger partial charge >= 0.3 is 0 Å². The van der Waals surface area contributed by atoms with E-state index in [9.17, 15) is 0 Å². The summed E-state index contributed by atoms with van der Waals surface area (Å²) in [5, 5.41) is 3.82. The second kappa shape index (κ2) is 6.50. The van der Waals surface area contributed by atoms with Crippen molar-refractivity contribution >= 4 is 0 Å². The highest BCUT2D eigenvalue weighted by molar-refractivity contribution is 5.24. The molecule has 3 rings (SSSR count). The summed E-state index contributed by atoms with van der Waals surface area (Å²) in [7, 11) is 0. The summed E-state index contributed by atoms with van der Waals surface area (Å²) in [6, 6.07) is 11.8. The van der Waals surface area contributed by atoms with Crippen molar-refractivity contribution in [1.29, 1.82) is 0 Å². The van der Waals surface area contributed by atoms with Crippen molar-refractivity contribution in [2.75, 3.05) is 19.6 Å². The van der Waals surface area contributed by atoms with E-state index in [1.807, 2.05) is 0 Å². The number of nitrogens with one attached hydrogen (secondary N) is 1. The molecular weight excluding hydrogens is 256 g/mol. The van der Waals surface area contributed by atoms with Crippen LogP contribution in [0.15, 0.2) is 30.3 Å². The van der Waals surface area contributed by atoms with Gasteiger partial charge in [0.05, 0.1) is 5.54 Å². The van der Waals surface area contributed by atoms with Crippen molar-refractivity contribution < 1.29 is 0 Å². The molecule has 1 aliphatic heterocycles. The quantitative estimate of drug-likeness (QED) is 0.890. The summed E-state index contributed by atoms with van der Waals surface area (Å²) in [5.74, 6) is 0.858. The summed E-state index contributed by atoms with van der Waals surface area (Å²) < 4.78 is 0. The van der Waals surface area contributed by atoms with Gasteiger partial charge < -0.3 is 5.32 Å². The lowest BCUT2D eigenvalue weighted by atomic mass is 9.83. The van der Waals surface area contributed by atoms with E-state index < -0.39 is 0 Å². The third-order valence-corrected chi connectivity index (χ3v) is 5.60. The van der Waals surface area contributed by atoms with Crippen LogP contribution in [0.3, 0.4) is 0 Å². The Morgan fingerprint density at radius 3 is 2.62 bits per heavy atom. The second-order valence-corrected chi connectivity index (χ2v) is 7.28. The maximum absolute atomic E-state index is 3.82. The zero-order valence-electron chi connectivity index (χ0n) is 13.6. The van der Waals surface area contributed by atoms with Crippen molar-refractivity contribution in [3.63, 3.8) is 0 Å². The van der Waals surface area contributed by atoms with Gasteiger partial charge in [0, 0.05) is 12.6 Å². The zero-order valence-corrected chi connectivity index (χ0v) is 13.6. The van der Waals surface area contributed by atoms with Gasteiger partial charge in [0.2, 0.25) is 0 Å². The molecule has 1 aromatic rings. The highest BCUT2D eigenvalue weighted by Gasteiger charge is 2.35. The van der Waals surface area contributed by atoms with Crippen molar-refractivity contribution in [3.8, 4) is 0 Å². The van der Waals surface area contributed by atoms with Gasteiger partial charge in [-0.15, -0.1) is 0 Å². The molecule has 1 aromatic carbocycles. The molecule has 2 heteroatoms. The lowest BCUT2D eigenvalue weighted by Gasteiger charge is -2.42. The maximum Gasteiger partial charge on any atom is 0.0535 e. The molecule has 0 radical (unpaired) electrons. The maximum atomic E-state index is 3.82. The fourth-order valence-electron chi connectivity index (χ4n) is 4.31. The number of benzene rings is 1. The van der Waals surface area contributed by atoms with Crippen LogP contribution < -0.4 is 5.32 Å². The van der Waals surface area contributed by atoms with Crippen LogP contribution in [0.5, 0.6) is 0 Å². The normalized spacial score (nSPS) is 35.3. The Kier molecular flexibility index (Phi) is 4.66. The molecule has 0 spiro atoms. The first-order chi connectivity index (χ1) is 10.2. The Hall–Kier alpha value is -0.860. The fraction of sp³-hybridized carbons (Fsp3) is 0.684. The molecule has 116 valence electrons. The molecule has 0 bridgehead atoms. The molecule has 2 aliphatic rings. The number of hydrogen-bond donors (Lipinski definition) is 1. The highest BCUT2D eigenvalue weighted by atomic mass is 15.2. The number of hydrogen-bond acceptors (Lipinski definition) is 2. The van der Waals surface area contributed by atoms with Crippen molar-refractivity contribution in [1.82, 2.24) is 10.2 Å². The van der Waals surface area contributed by atoms with Gasteiger partial charge in [0.25, 0.3) is 0 Å². The van der Waals surface area contributed by atoms with Gasteiger partial charge in [0.15, 0.2) is 0 Å². The first-order valence-corrected chi connectivity index (χ1v) is 8.74. The molecule has 1 saturated heterocycles. The number of nitrogens with zero attached hydrogens (tertiary/aromatic N) is 1. The average Bonchev–Trinajstić information content (AvgIpc) is 2.72. The summed E-state index contributed by atoms with van der Waals surface area (Å²) in [4.78, 5) is 2.79. The second-order valence-electron chi connectivity index (χ2n) is 7.28. The smallest absolute Gasteiger partial charge is 0.0535 e. The molecule has 2 nitrogen and oxygen atoms in total. The lowest BCUT2D eigenvalue weighted by molar-refractivity contribution is 0.0934. The van der Waals surface area contributed by atoms with E-state index in [0.29, 0.717) is 0 Å². The van der Waals surface area contributed by atoms with Crippen LogP contribution in [-0.2, 0) is 5.54 Å². The molecule has 1 N–H and O–H groups in total. The topological polar surface area (TPSA) is 15.3 Å². The van der Waals surface area contributed by atoms with Gasteiger partial charge in [-0.1, -0.05) is 50.1 Å². The molecule has 1 aliphatic carbocycles. The van der Waals surface area contributed by atoms with E-state index in [1.165, 1.54) is 44.2 Å². The van der Waals surface area contributed by atoms with E-state index in [2.05, 4.69) is 54.4 Å². The molecule has 21 heavy (non-hydrogen) atoms. The van der Waals surface area contributed by atoms with Crippen molar-refractivity contribution in [3.05, 3.63) is 35.9 Å². The molecule has 0 amide bonds. The van der Waals surface area contributed by atoms with Crippen LogP contribution in [0.2, 0.25) is 0 Å². The standard InChI is InChI=1S/C19H30N2/c1-16-9-6-7-12-18(16)21-14-8-13-20-19(2,15-21)17-10-4-3-5-11-17/h3-5,10-11,16,18,20H,6-9,12-15H2,1-2H3. The van der Waals surface area contributed by atoms with Gasteiger partial charge in [-0.25, -0.2) is 0 Å².